The summed E-state index contributed by atoms with van der Waals surface area (Å²) >= 11 is 0. The van der Waals surface area contributed by atoms with Gasteiger partial charge in [0, 0.05) is 32.0 Å². The lowest BCUT2D eigenvalue weighted by molar-refractivity contribution is 0.546. The molecule has 5 nitrogen and oxygen atoms in total. The molecule has 0 spiro atoms. The normalized spacial score (nSPS) is 12.4. The van der Waals surface area contributed by atoms with E-state index in [1.807, 2.05) is 32.0 Å². The van der Waals surface area contributed by atoms with Crippen LogP contribution in [0.1, 0.15) is 22.7 Å². The van der Waals surface area contributed by atoms with Crippen LogP contribution in [0.3, 0.4) is 0 Å². The van der Waals surface area contributed by atoms with E-state index in [-0.39, 0.29) is 6.04 Å². The Kier molecular flexibility index (Phi) is 3.90. The van der Waals surface area contributed by atoms with E-state index >= 15 is 0 Å². The SMILES string of the molecule is Cc1ccc(C)c(C(N)Cn2ccn(C)c(=O)c2=O)c1. The minimum absolute atomic E-state index is 0.291. The highest BCUT2D eigenvalue weighted by atomic mass is 16.2. The average molecular weight is 273 g/mol. The van der Waals surface area contributed by atoms with E-state index in [2.05, 4.69) is 0 Å². The van der Waals surface area contributed by atoms with Crippen molar-refractivity contribution in [1.29, 1.82) is 0 Å². The molecule has 0 amide bonds. The predicted molar refractivity (Wildman–Crippen MR) is 78.8 cm³/mol. The number of aromatic nitrogens is 2. The Hall–Kier alpha value is -2.14. The van der Waals surface area contributed by atoms with Gasteiger partial charge in [0.2, 0.25) is 0 Å². The molecule has 106 valence electrons. The number of aryl methyl sites for hydroxylation is 3. The molecular weight excluding hydrogens is 254 g/mol. The van der Waals surface area contributed by atoms with Crippen molar-refractivity contribution < 1.29 is 0 Å². The minimum atomic E-state index is -0.546. The maximum absolute atomic E-state index is 11.9. The number of hydrogen-bond donors (Lipinski definition) is 1. The largest absolute Gasteiger partial charge is 0.322 e. The third-order valence-corrected chi connectivity index (χ3v) is 3.46. The fraction of sp³-hybridized carbons (Fsp3) is 0.333. The molecule has 2 rings (SSSR count). The van der Waals surface area contributed by atoms with Crippen LogP contribution in [0.5, 0.6) is 0 Å². The first-order chi connectivity index (χ1) is 9.40. The molecule has 0 saturated heterocycles. The van der Waals surface area contributed by atoms with Gasteiger partial charge in [-0.05, 0) is 25.0 Å². The van der Waals surface area contributed by atoms with Crippen molar-refractivity contribution in [3.05, 3.63) is 68.0 Å². The summed E-state index contributed by atoms with van der Waals surface area (Å²) in [7, 11) is 1.55. The lowest BCUT2D eigenvalue weighted by Gasteiger charge is -2.17. The molecule has 0 aliphatic rings. The number of hydrogen-bond acceptors (Lipinski definition) is 3. The molecule has 1 aromatic carbocycles. The molecule has 0 aliphatic heterocycles. The molecule has 0 aliphatic carbocycles. The van der Waals surface area contributed by atoms with Gasteiger partial charge < -0.3 is 14.9 Å². The van der Waals surface area contributed by atoms with Crippen molar-refractivity contribution in [3.63, 3.8) is 0 Å². The standard InChI is InChI=1S/C15H19N3O2/c1-10-4-5-11(2)12(8-10)13(16)9-18-7-6-17(3)14(19)15(18)20/h4-8,13H,9,16H2,1-3H3. The van der Waals surface area contributed by atoms with Gasteiger partial charge in [0.25, 0.3) is 0 Å². The van der Waals surface area contributed by atoms with Gasteiger partial charge in [-0.15, -0.1) is 0 Å². The first kappa shape index (κ1) is 14.3. The fourth-order valence-electron chi connectivity index (χ4n) is 2.20. The third-order valence-electron chi connectivity index (χ3n) is 3.46. The first-order valence-electron chi connectivity index (χ1n) is 6.49. The molecule has 0 bridgehead atoms. The van der Waals surface area contributed by atoms with Gasteiger partial charge in [0.1, 0.15) is 0 Å². The molecule has 2 aromatic rings. The van der Waals surface area contributed by atoms with Crippen LogP contribution in [0, 0.1) is 13.8 Å². The molecule has 1 unspecified atom stereocenters. The fourth-order valence-corrected chi connectivity index (χ4v) is 2.20. The number of benzene rings is 1. The Labute approximate surface area is 117 Å². The first-order valence-corrected chi connectivity index (χ1v) is 6.49. The van der Waals surface area contributed by atoms with Crippen LogP contribution in [0.4, 0.5) is 0 Å². The Balaban J connectivity index is 2.35. The third kappa shape index (κ3) is 2.72. The summed E-state index contributed by atoms with van der Waals surface area (Å²) in [6.45, 7) is 4.28. The molecule has 0 fully saturated rings. The summed E-state index contributed by atoms with van der Waals surface area (Å²) in [6.07, 6.45) is 3.16. The summed E-state index contributed by atoms with van der Waals surface area (Å²) in [4.78, 5) is 23.5. The highest BCUT2D eigenvalue weighted by molar-refractivity contribution is 5.32. The van der Waals surface area contributed by atoms with Crippen LogP contribution in [-0.2, 0) is 13.6 Å². The van der Waals surface area contributed by atoms with Crippen LogP contribution in [0.2, 0.25) is 0 Å². The number of nitrogens with two attached hydrogens (primary N) is 1. The van der Waals surface area contributed by atoms with E-state index in [4.69, 9.17) is 5.73 Å². The van der Waals surface area contributed by atoms with Gasteiger partial charge in [0.05, 0.1) is 0 Å². The van der Waals surface area contributed by atoms with Crippen LogP contribution in [0.15, 0.2) is 40.2 Å². The van der Waals surface area contributed by atoms with Gasteiger partial charge in [-0.1, -0.05) is 23.8 Å². The zero-order valence-electron chi connectivity index (χ0n) is 12.0. The Bertz CT molecular complexity index is 744. The van der Waals surface area contributed by atoms with Gasteiger partial charge in [-0.3, -0.25) is 9.59 Å². The maximum Gasteiger partial charge on any atom is 0.316 e. The van der Waals surface area contributed by atoms with E-state index < -0.39 is 11.1 Å². The lowest BCUT2D eigenvalue weighted by Crippen LogP contribution is -2.41. The Morgan fingerprint density at radius 2 is 1.85 bits per heavy atom. The molecule has 1 heterocycles. The zero-order valence-corrected chi connectivity index (χ0v) is 12.0. The Morgan fingerprint density at radius 3 is 2.55 bits per heavy atom. The van der Waals surface area contributed by atoms with E-state index in [0.29, 0.717) is 6.54 Å². The number of rotatable bonds is 3. The van der Waals surface area contributed by atoms with Crippen LogP contribution >= 0.6 is 0 Å². The van der Waals surface area contributed by atoms with Crippen molar-refractivity contribution in [2.75, 3.05) is 0 Å². The smallest absolute Gasteiger partial charge is 0.316 e. The molecule has 5 heteroatoms. The lowest BCUT2D eigenvalue weighted by atomic mass is 9.99. The van der Waals surface area contributed by atoms with E-state index in [0.717, 1.165) is 16.7 Å². The highest BCUT2D eigenvalue weighted by Crippen LogP contribution is 2.18. The van der Waals surface area contributed by atoms with Gasteiger partial charge >= 0.3 is 11.1 Å². The molecule has 1 aromatic heterocycles. The van der Waals surface area contributed by atoms with E-state index in [9.17, 15) is 9.59 Å². The monoisotopic (exact) mass is 273 g/mol. The molecule has 0 saturated carbocycles. The van der Waals surface area contributed by atoms with E-state index in [1.165, 1.54) is 9.13 Å². The second-order valence-electron chi connectivity index (χ2n) is 5.14. The highest BCUT2D eigenvalue weighted by Gasteiger charge is 2.12. The quantitative estimate of drug-likeness (QED) is 0.843. The van der Waals surface area contributed by atoms with Crippen LogP contribution < -0.4 is 16.9 Å². The van der Waals surface area contributed by atoms with Gasteiger partial charge in [-0.25, -0.2) is 0 Å². The summed E-state index contributed by atoms with van der Waals surface area (Å²) in [5.74, 6) is 0. The van der Waals surface area contributed by atoms with Crippen molar-refractivity contribution in [2.45, 2.75) is 26.4 Å². The van der Waals surface area contributed by atoms with E-state index in [1.54, 1.807) is 19.4 Å². The molecule has 1 atom stereocenters. The maximum atomic E-state index is 11.9. The van der Waals surface area contributed by atoms with Crippen LogP contribution in [-0.4, -0.2) is 9.13 Å². The predicted octanol–water partition coefficient (Wildman–Crippen LogP) is 0.864. The summed E-state index contributed by atoms with van der Waals surface area (Å²) in [5, 5.41) is 0. The van der Waals surface area contributed by atoms with Crippen LogP contribution in [0.25, 0.3) is 0 Å². The van der Waals surface area contributed by atoms with Crippen molar-refractivity contribution in [2.24, 2.45) is 12.8 Å². The Morgan fingerprint density at radius 1 is 1.15 bits per heavy atom. The summed E-state index contributed by atoms with van der Waals surface area (Å²) in [6, 6.07) is 5.74. The topological polar surface area (TPSA) is 70.0 Å². The molecule has 20 heavy (non-hydrogen) atoms. The van der Waals surface area contributed by atoms with Crippen molar-refractivity contribution in [1.82, 2.24) is 9.13 Å². The average Bonchev–Trinajstić information content (AvgIpc) is 2.42. The summed E-state index contributed by atoms with van der Waals surface area (Å²) < 4.78 is 2.64. The molecule has 2 N–H and O–H groups in total. The molecular formula is C15H19N3O2. The van der Waals surface area contributed by atoms with Gasteiger partial charge in [-0.2, -0.15) is 0 Å². The second-order valence-corrected chi connectivity index (χ2v) is 5.14. The van der Waals surface area contributed by atoms with Crippen molar-refractivity contribution in [3.8, 4) is 0 Å². The zero-order chi connectivity index (χ0) is 14.9. The second kappa shape index (κ2) is 5.46. The summed E-state index contributed by atoms with van der Waals surface area (Å²) in [5.41, 5.74) is 8.30. The minimum Gasteiger partial charge on any atom is -0.322 e. The number of nitrogens with zero attached hydrogens (tertiary/aromatic N) is 2. The van der Waals surface area contributed by atoms with Gasteiger partial charge in [0.15, 0.2) is 0 Å². The molecule has 0 radical (unpaired) electrons. The van der Waals surface area contributed by atoms with Crippen molar-refractivity contribution >= 4 is 0 Å².